The molecule has 2 aliphatic rings. The van der Waals surface area contributed by atoms with E-state index in [9.17, 15) is 19.2 Å². The van der Waals surface area contributed by atoms with E-state index in [-0.39, 0.29) is 17.2 Å². The summed E-state index contributed by atoms with van der Waals surface area (Å²) in [5.41, 5.74) is 0.855. The van der Waals surface area contributed by atoms with Crippen LogP contribution in [0.15, 0.2) is 72.1 Å². The lowest BCUT2D eigenvalue weighted by Gasteiger charge is -2.48. The number of hydrogen-bond acceptors (Lipinski definition) is 8. The molecule has 0 saturated carbocycles. The molecule has 0 radical (unpaired) electrons. The van der Waals surface area contributed by atoms with Crippen LogP contribution >= 0.6 is 11.8 Å². The van der Waals surface area contributed by atoms with E-state index in [0.29, 0.717) is 6.29 Å². The highest BCUT2D eigenvalue weighted by atomic mass is 32.2. The van der Waals surface area contributed by atoms with E-state index in [0.717, 1.165) is 11.1 Å². The lowest BCUT2D eigenvalue weighted by Crippen LogP contribution is -2.70. The van der Waals surface area contributed by atoms with Gasteiger partial charge in [0.15, 0.2) is 12.4 Å². The fourth-order valence-electron chi connectivity index (χ4n) is 3.79. The first-order chi connectivity index (χ1) is 17.2. The van der Waals surface area contributed by atoms with Crippen molar-refractivity contribution in [3.05, 3.63) is 83.2 Å². The van der Waals surface area contributed by atoms with Crippen molar-refractivity contribution in [2.24, 2.45) is 0 Å². The third-order valence-corrected chi connectivity index (χ3v) is 6.66. The monoisotopic (exact) mass is 510 g/mol. The zero-order valence-electron chi connectivity index (χ0n) is 20.0. The van der Waals surface area contributed by atoms with Gasteiger partial charge in [0.2, 0.25) is 5.88 Å². The van der Waals surface area contributed by atoms with Gasteiger partial charge in [0.25, 0.3) is 5.91 Å². The molecule has 2 atom stereocenters. The maximum Gasteiger partial charge on any atom is 0.516 e. The molecule has 2 heterocycles. The number of thioether (sulfide) groups is 1. The van der Waals surface area contributed by atoms with Gasteiger partial charge in [0.1, 0.15) is 17.0 Å². The highest BCUT2D eigenvalue weighted by Gasteiger charge is 2.54. The summed E-state index contributed by atoms with van der Waals surface area (Å²) in [7, 11) is 0. The van der Waals surface area contributed by atoms with Gasteiger partial charge < -0.3 is 19.5 Å². The third-order valence-electron chi connectivity index (χ3n) is 5.36. The van der Waals surface area contributed by atoms with Crippen molar-refractivity contribution >= 4 is 36.2 Å². The first-order valence-corrected chi connectivity index (χ1v) is 12.3. The average Bonchev–Trinajstić information content (AvgIpc) is 2.85. The van der Waals surface area contributed by atoms with E-state index < -0.39 is 41.3 Å². The van der Waals surface area contributed by atoms with Crippen molar-refractivity contribution in [3.63, 3.8) is 0 Å². The number of alkyl carbamates (subject to hydrolysis) is 1. The Morgan fingerprint density at radius 3 is 2.17 bits per heavy atom. The van der Waals surface area contributed by atoms with Gasteiger partial charge in [0, 0.05) is 5.75 Å². The third kappa shape index (κ3) is 5.54. The minimum atomic E-state index is -1.07. The molecule has 1 N–H and O–H groups in total. The number of hydrogen-bond donors (Lipinski definition) is 1. The molecular formula is C26H26N2O7S. The van der Waals surface area contributed by atoms with Crippen molar-refractivity contribution in [3.8, 4) is 0 Å². The van der Waals surface area contributed by atoms with Gasteiger partial charge in [-0.05, 0) is 31.9 Å². The van der Waals surface area contributed by atoms with E-state index in [1.807, 2.05) is 60.7 Å². The number of β-lactam (4-membered cyclic amide) rings is 1. The van der Waals surface area contributed by atoms with E-state index in [2.05, 4.69) is 5.32 Å². The predicted molar refractivity (Wildman–Crippen MR) is 132 cm³/mol. The molecule has 0 aliphatic carbocycles. The van der Waals surface area contributed by atoms with Gasteiger partial charge in [-0.3, -0.25) is 14.5 Å². The molecule has 1 fully saturated rings. The minimum absolute atomic E-state index is 0.133. The quantitative estimate of drug-likeness (QED) is 0.351. The molecule has 2 aliphatic heterocycles. The van der Waals surface area contributed by atoms with Crippen LogP contribution in [-0.2, 0) is 23.8 Å². The molecule has 9 nitrogen and oxygen atoms in total. The van der Waals surface area contributed by atoms with Crippen LogP contribution < -0.4 is 5.32 Å². The highest BCUT2D eigenvalue weighted by molar-refractivity contribution is 8.00. The van der Waals surface area contributed by atoms with Gasteiger partial charge in [0.05, 0.1) is 5.57 Å². The molecule has 0 spiro atoms. The molecule has 10 heteroatoms. The fourth-order valence-corrected chi connectivity index (χ4v) is 5.06. The lowest BCUT2D eigenvalue weighted by molar-refractivity contribution is -0.146. The molecule has 0 unspecified atom stereocenters. The van der Waals surface area contributed by atoms with Crippen LogP contribution in [0.2, 0.25) is 0 Å². The Bertz CT molecular complexity index is 1140. The SMILES string of the molecule is CC(C)(C)OC(=O)N[C@@H]1C(=O)N2C(OC(=O)OC(c3ccccc3)c3ccccc3)=C(C=O)CS[C@H]12. The summed E-state index contributed by atoms with van der Waals surface area (Å²) in [6.45, 7) is 5.14. The van der Waals surface area contributed by atoms with Gasteiger partial charge in [-0.1, -0.05) is 60.7 Å². The topological polar surface area (TPSA) is 111 Å². The zero-order valence-corrected chi connectivity index (χ0v) is 20.8. The first kappa shape index (κ1) is 25.3. The minimum Gasteiger partial charge on any atom is -0.444 e. The molecule has 188 valence electrons. The Labute approximate surface area is 212 Å². The summed E-state index contributed by atoms with van der Waals surface area (Å²) in [5, 5.41) is 1.99. The van der Waals surface area contributed by atoms with E-state index in [4.69, 9.17) is 14.2 Å². The fraction of sp³-hybridized carbons (Fsp3) is 0.308. The van der Waals surface area contributed by atoms with Gasteiger partial charge >= 0.3 is 12.2 Å². The summed E-state index contributed by atoms with van der Waals surface area (Å²) in [6.07, 6.45) is -2.02. The lowest BCUT2D eigenvalue weighted by atomic mass is 10.0. The summed E-state index contributed by atoms with van der Waals surface area (Å²) in [4.78, 5) is 50.8. The first-order valence-electron chi connectivity index (χ1n) is 11.3. The van der Waals surface area contributed by atoms with Crippen molar-refractivity contribution < 1.29 is 33.4 Å². The Morgan fingerprint density at radius 2 is 1.64 bits per heavy atom. The van der Waals surface area contributed by atoms with E-state index >= 15 is 0 Å². The second-order valence-corrected chi connectivity index (χ2v) is 10.3. The van der Waals surface area contributed by atoms with Crippen LogP contribution in [0.1, 0.15) is 38.0 Å². The summed E-state index contributed by atoms with van der Waals surface area (Å²) >= 11 is 1.27. The zero-order chi connectivity index (χ0) is 25.9. The van der Waals surface area contributed by atoms with Crippen LogP contribution in [-0.4, -0.2) is 52.1 Å². The molecule has 0 bridgehead atoms. The number of benzene rings is 2. The predicted octanol–water partition coefficient (Wildman–Crippen LogP) is 4.15. The number of aldehydes is 1. The maximum atomic E-state index is 12.9. The molecular weight excluding hydrogens is 484 g/mol. The van der Waals surface area contributed by atoms with Crippen LogP contribution in [0.25, 0.3) is 0 Å². The van der Waals surface area contributed by atoms with Gasteiger partial charge in [-0.2, -0.15) is 0 Å². The molecule has 2 amide bonds. The Balaban J connectivity index is 1.50. The van der Waals surface area contributed by atoms with E-state index in [1.54, 1.807) is 20.8 Å². The molecule has 36 heavy (non-hydrogen) atoms. The molecule has 4 rings (SSSR count). The number of fused-ring (bicyclic) bond motifs is 1. The standard InChI is InChI=1S/C26H26N2O7S/c1-26(2,3)35-24(31)27-19-21(30)28-22(18(14-29)15-36-23(19)28)34-25(32)33-20(16-10-6-4-7-11-16)17-12-8-5-9-13-17/h4-14,19-20,23H,15H2,1-3H3,(H,27,31)/t19-,23-/m1/s1. The van der Waals surface area contributed by atoms with Gasteiger partial charge in [-0.25, -0.2) is 9.59 Å². The molecule has 0 aromatic heterocycles. The van der Waals surface area contributed by atoms with Crippen LogP contribution in [0.5, 0.6) is 0 Å². The molecule has 1 saturated heterocycles. The Morgan fingerprint density at radius 1 is 1.06 bits per heavy atom. The highest BCUT2D eigenvalue weighted by Crippen LogP contribution is 2.40. The smallest absolute Gasteiger partial charge is 0.444 e. The average molecular weight is 511 g/mol. The summed E-state index contributed by atoms with van der Waals surface area (Å²) in [6, 6.07) is 17.4. The van der Waals surface area contributed by atoms with Crippen molar-refractivity contribution in [2.45, 2.75) is 43.9 Å². The number of nitrogens with zero attached hydrogens (tertiary/aromatic N) is 1. The number of rotatable bonds is 6. The Kier molecular flexibility index (Phi) is 7.35. The summed E-state index contributed by atoms with van der Waals surface area (Å²) in [5.74, 6) is -0.526. The second-order valence-electron chi connectivity index (χ2n) is 9.15. The number of nitrogens with one attached hydrogen (secondary N) is 1. The van der Waals surface area contributed by atoms with Crippen molar-refractivity contribution in [1.29, 1.82) is 0 Å². The van der Waals surface area contributed by atoms with Crippen LogP contribution in [0, 0.1) is 0 Å². The maximum absolute atomic E-state index is 12.9. The van der Waals surface area contributed by atoms with Gasteiger partial charge in [-0.15, -0.1) is 11.8 Å². The number of ether oxygens (including phenoxy) is 3. The number of carbonyl (C=O) groups is 4. The molecule has 2 aromatic rings. The second kappa shape index (κ2) is 10.4. The Hall–Kier alpha value is -3.79. The number of amides is 2. The van der Waals surface area contributed by atoms with E-state index in [1.165, 1.54) is 16.7 Å². The van der Waals surface area contributed by atoms with Crippen LogP contribution in [0.4, 0.5) is 9.59 Å². The van der Waals surface area contributed by atoms with Crippen molar-refractivity contribution in [1.82, 2.24) is 10.2 Å². The van der Waals surface area contributed by atoms with Crippen LogP contribution in [0.3, 0.4) is 0 Å². The van der Waals surface area contributed by atoms with Crippen molar-refractivity contribution in [2.75, 3.05) is 5.75 Å². The largest absolute Gasteiger partial charge is 0.516 e. The summed E-state index contributed by atoms with van der Waals surface area (Å²) < 4.78 is 16.3. The number of carbonyl (C=O) groups excluding carboxylic acids is 4. The normalized spacial score (nSPS) is 19.2. The molecule has 2 aromatic carbocycles.